The van der Waals surface area contributed by atoms with Gasteiger partial charge in [0.05, 0.1) is 9.82 Å². The molecule has 0 aliphatic heterocycles. The molecule has 3 rings (SSSR count). The van der Waals surface area contributed by atoms with Crippen LogP contribution in [0.2, 0.25) is 0 Å². The number of anilines is 2. The molecule has 0 atom stereocenters. The van der Waals surface area contributed by atoms with Gasteiger partial charge in [-0.3, -0.25) is 19.6 Å². The predicted molar refractivity (Wildman–Crippen MR) is 120 cm³/mol. The highest BCUT2D eigenvalue weighted by Crippen LogP contribution is 2.18. The summed E-state index contributed by atoms with van der Waals surface area (Å²) in [6.07, 6.45) is 2.67. The lowest BCUT2D eigenvalue weighted by Crippen LogP contribution is -2.15. The van der Waals surface area contributed by atoms with Crippen LogP contribution in [0.3, 0.4) is 0 Å². The highest BCUT2D eigenvalue weighted by atomic mass is 32.2. The van der Waals surface area contributed by atoms with E-state index in [9.17, 15) is 23.3 Å². The summed E-state index contributed by atoms with van der Waals surface area (Å²) in [6.45, 7) is 3.40. The van der Waals surface area contributed by atoms with Gasteiger partial charge in [-0.15, -0.1) is 0 Å². The molecule has 0 fully saturated rings. The number of nitrogens with zero attached hydrogens (tertiary/aromatic N) is 3. The molecule has 0 bridgehead atoms. The standard InChI is InChI=1S/C21H19N5O5S/c1-14-12-20(23-15(2)22-14)25-32(30,31)19-9-7-17(8-10-19)24-21(27)11-6-16-4-3-5-18(13-16)26(28)29/h3-13H,1-2H3,(H,24,27)(H,22,23,25). The second-order valence-electron chi connectivity index (χ2n) is 6.75. The first kappa shape index (κ1) is 22.6. The fraction of sp³-hybridized carbons (Fsp3) is 0.0952. The molecule has 32 heavy (non-hydrogen) atoms. The largest absolute Gasteiger partial charge is 0.323 e. The number of sulfonamides is 1. The monoisotopic (exact) mass is 453 g/mol. The van der Waals surface area contributed by atoms with Gasteiger partial charge in [0, 0.05) is 35.7 Å². The van der Waals surface area contributed by atoms with E-state index in [4.69, 9.17) is 0 Å². The first-order chi connectivity index (χ1) is 15.1. The van der Waals surface area contributed by atoms with E-state index in [1.54, 1.807) is 19.9 Å². The Morgan fingerprint density at radius 2 is 1.78 bits per heavy atom. The zero-order valence-electron chi connectivity index (χ0n) is 17.1. The minimum absolute atomic E-state index is 0.00319. The Balaban J connectivity index is 1.66. The summed E-state index contributed by atoms with van der Waals surface area (Å²) < 4.78 is 27.6. The van der Waals surface area contributed by atoms with Crippen molar-refractivity contribution < 1.29 is 18.1 Å². The molecule has 10 nitrogen and oxygen atoms in total. The lowest BCUT2D eigenvalue weighted by molar-refractivity contribution is -0.384. The number of amides is 1. The molecule has 3 aromatic rings. The molecule has 0 unspecified atom stereocenters. The first-order valence-electron chi connectivity index (χ1n) is 9.31. The molecule has 0 saturated carbocycles. The quantitative estimate of drug-likeness (QED) is 0.317. The molecule has 164 valence electrons. The number of non-ortho nitro benzene ring substituents is 1. The average molecular weight is 453 g/mol. The number of nitro benzene ring substituents is 1. The van der Waals surface area contributed by atoms with Crippen LogP contribution >= 0.6 is 0 Å². The van der Waals surface area contributed by atoms with Crippen molar-refractivity contribution in [3.05, 3.63) is 87.9 Å². The number of carbonyl (C=O) groups excluding carboxylic acids is 1. The first-order valence-corrected chi connectivity index (χ1v) is 10.8. The summed E-state index contributed by atoms with van der Waals surface area (Å²) in [5.41, 5.74) is 1.43. The molecule has 11 heteroatoms. The third kappa shape index (κ3) is 5.95. The van der Waals surface area contributed by atoms with Gasteiger partial charge in [0.15, 0.2) is 0 Å². The molecule has 0 radical (unpaired) electrons. The average Bonchev–Trinajstić information content (AvgIpc) is 2.72. The smallest absolute Gasteiger partial charge is 0.270 e. The van der Waals surface area contributed by atoms with Crippen molar-refractivity contribution >= 4 is 39.2 Å². The minimum Gasteiger partial charge on any atom is -0.323 e. The van der Waals surface area contributed by atoms with Crippen molar-refractivity contribution in [2.45, 2.75) is 18.7 Å². The maximum atomic E-state index is 12.6. The zero-order chi connectivity index (χ0) is 23.3. The van der Waals surface area contributed by atoms with Gasteiger partial charge in [0.2, 0.25) is 5.91 Å². The third-order valence-corrected chi connectivity index (χ3v) is 5.52. The molecule has 1 heterocycles. The number of rotatable bonds is 7. The number of hydrogen-bond donors (Lipinski definition) is 2. The van der Waals surface area contributed by atoms with E-state index in [1.165, 1.54) is 60.7 Å². The second-order valence-corrected chi connectivity index (χ2v) is 8.43. The van der Waals surface area contributed by atoms with Gasteiger partial charge in [-0.05, 0) is 49.8 Å². The van der Waals surface area contributed by atoms with Crippen LogP contribution in [0.15, 0.2) is 65.6 Å². The van der Waals surface area contributed by atoms with E-state index in [0.717, 1.165) is 0 Å². The molecule has 1 amide bonds. The van der Waals surface area contributed by atoms with E-state index >= 15 is 0 Å². The highest BCUT2D eigenvalue weighted by Gasteiger charge is 2.15. The lowest BCUT2D eigenvalue weighted by atomic mass is 10.2. The Morgan fingerprint density at radius 1 is 1.06 bits per heavy atom. The predicted octanol–water partition coefficient (Wildman–Crippen LogP) is 3.45. The van der Waals surface area contributed by atoms with Crippen LogP contribution < -0.4 is 10.0 Å². The summed E-state index contributed by atoms with van der Waals surface area (Å²) in [7, 11) is -3.87. The summed E-state index contributed by atoms with van der Waals surface area (Å²) >= 11 is 0. The molecule has 0 spiro atoms. The summed E-state index contributed by atoms with van der Waals surface area (Å²) in [5, 5.41) is 13.4. The molecule has 0 saturated heterocycles. The molecule has 2 N–H and O–H groups in total. The molecular weight excluding hydrogens is 434 g/mol. The molecule has 0 aliphatic rings. The zero-order valence-corrected chi connectivity index (χ0v) is 18.0. The van der Waals surface area contributed by atoms with Crippen LogP contribution in [-0.2, 0) is 14.8 Å². The number of aryl methyl sites for hydroxylation is 2. The van der Waals surface area contributed by atoms with Crippen LogP contribution in [0.4, 0.5) is 17.2 Å². The fourth-order valence-electron chi connectivity index (χ4n) is 2.78. The summed E-state index contributed by atoms with van der Waals surface area (Å²) in [5.74, 6) is 0.134. The number of aromatic nitrogens is 2. The Kier molecular flexibility index (Phi) is 6.59. The van der Waals surface area contributed by atoms with Crippen LogP contribution in [0.25, 0.3) is 6.08 Å². The lowest BCUT2D eigenvalue weighted by Gasteiger charge is -2.09. The number of hydrogen-bond acceptors (Lipinski definition) is 7. The second kappa shape index (κ2) is 9.35. The van der Waals surface area contributed by atoms with Crippen molar-refractivity contribution in [3.8, 4) is 0 Å². The Morgan fingerprint density at radius 3 is 2.44 bits per heavy atom. The number of nitrogens with one attached hydrogen (secondary N) is 2. The highest BCUT2D eigenvalue weighted by molar-refractivity contribution is 7.92. The maximum absolute atomic E-state index is 12.6. The van der Waals surface area contributed by atoms with Crippen LogP contribution in [0.1, 0.15) is 17.1 Å². The van der Waals surface area contributed by atoms with Crippen molar-refractivity contribution in [1.82, 2.24) is 9.97 Å². The van der Waals surface area contributed by atoms with E-state index in [2.05, 4.69) is 20.0 Å². The number of benzene rings is 2. The fourth-order valence-corrected chi connectivity index (χ4v) is 3.77. The van der Waals surface area contributed by atoms with Gasteiger partial charge in [0.1, 0.15) is 11.6 Å². The third-order valence-electron chi connectivity index (χ3n) is 4.15. The summed E-state index contributed by atoms with van der Waals surface area (Å²) in [6, 6.07) is 13.0. The normalized spacial score (nSPS) is 11.3. The molecular formula is C21H19N5O5S. The van der Waals surface area contributed by atoms with E-state index in [-0.39, 0.29) is 16.4 Å². The Labute approximate surface area is 184 Å². The van der Waals surface area contributed by atoms with Gasteiger partial charge < -0.3 is 5.32 Å². The maximum Gasteiger partial charge on any atom is 0.270 e. The van der Waals surface area contributed by atoms with Crippen LogP contribution in [0.5, 0.6) is 0 Å². The van der Waals surface area contributed by atoms with Crippen molar-refractivity contribution in [2.75, 3.05) is 10.0 Å². The van der Waals surface area contributed by atoms with Gasteiger partial charge in [-0.2, -0.15) is 0 Å². The van der Waals surface area contributed by atoms with Gasteiger partial charge >= 0.3 is 0 Å². The van der Waals surface area contributed by atoms with Crippen LogP contribution in [-0.4, -0.2) is 29.2 Å². The van der Waals surface area contributed by atoms with E-state index in [0.29, 0.717) is 22.8 Å². The van der Waals surface area contributed by atoms with Crippen molar-refractivity contribution in [2.24, 2.45) is 0 Å². The molecule has 1 aromatic heterocycles. The van der Waals surface area contributed by atoms with E-state index < -0.39 is 20.9 Å². The van der Waals surface area contributed by atoms with E-state index in [1.807, 2.05) is 0 Å². The van der Waals surface area contributed by atoms with Gasteiger partial charge in [-0.25, -0.2) is 18.4 Å². The molecule has 2 aromatic carbocycles. The number of carbonyl (C=O) groups is 1. The minimum atomic E-state index is -3.87. The topological polar surface area (TPSA) is 144 Å². The van der Waals surface area contributed by atoms with Crippen molar-refractivity contribution in [1.29, 1.82) is 0 Å². The Bertz CT molecular complexity index is 1280. The SMILES string of the molecule is Cc1cc(NS(=O)(=O)c2ccc(NC(=O)C=Cc3cccc([N+](=O)[O-])c3)cc2)nc(C)n1. The van der Waals surface area contributed by atoms with Gasteiger partial charge in [-0.1, -0.05) is 12.1 Å². The van der Waals surface area contributed by atoms with Crippen LogP contribution in [0, 0.1) is 24.0 Å². The van der Waals surface area contributed by atoms with Gasteiger partial charge in [0.25, 0.3) is 15.7 Å². The summed E-state index contributed by atoms with van der Waals surface area (Å²) in [4.78, 5) is 30.6. The molecule has 0 aliphatic carbocycles. The Hall–Kier alpha value is -4.12. The number of nitro groups is 1. The van der Waals surface area contributed by atoms with Crippen molar-refractivity contribution in [3.63, 3.8) is 0 Å².